The van der Waals surface area contributed by atoms with Gasteiger partial charge in [-0.1, -0.05) is 25.1 Å². The van der Waals surface area contributed by atoms with E-state index >= 15 is 0 Å². The van der Waals surface area contributed by atoms with Crippen molar-refractivity contribution in [3.63, 3.8) is 0 Å². The predicted octanol–water partition coefficient (Wildman–Crippen LogP) is 4.18. The molecule has 2 aromatic carbocycles. The topological polar surface area (TPSA) is 50.8 Å². The molecule has 2 aliphatic rings. The molecule has 1 atom stereocenters. The molecule has 29 heavy (non-hydrogen) atoms. The average Bonchev–Trinajstić information content (AvgIpc) is 2.75. The standard InChI is InChI=1S/C24H30N2O3/c1-17-9-11-26(12-10-17)16-19-3-5-20(6-4-19)24(27)25-18(2)21-7-8-22-23(15-21)29-14-13-28-22/h3-8,15,17-18H,9-14,16H2,1-2H3,(H,25,27)/t18-/m1/s1. The van der Waals surface area contributed by atoms with E-state index in [0.717, 1.165) is 42.6 Å². The third kappa shape index (κ3) is 4.91. The molecule has 4 rings (SSSR count). The first-order valence-electron chi connectivity index (χ1n) is 10.6. The van der Waals surface area contributed by atoms with Crippen LogP contribution in [-0.2, 0) is 6.54 Å². The molecule has 2 heterocycles. The number of hydrogen-bond acceptors (Lipinski definition) is 4. The van der Waals surface area contributed by atoms with Crippen molar-refractivity contribution in [3.05, 3.63) is 59.2 Å². The van der Waals surface area contributed by atoms with Crippen molar-refractivity contribution in [1.82, 2.24) is 10.2 Å². The summed E-state index contributed by atoms with van der Waals surface area (Å²) in [4.78, 5) is 15.2. The van der Waals surface area contributed by atoms with E-state index in [1.165, 1.54) is 18.4 Å². The van der Waals surface area contributed by atoms with E-state index in [-0.39, 0.29) is 11.9 Å². The van der Waals surface area contributed by atoms with Crippen LogP contribution in [0.4, 0.5) is 0 Å². The SMILES string of the molecule is CC1CCN(Cc2ccc(C(=O)N[C@H](C)c3ccc4c(c3)OCCO4)cc2)CC1. The minimum Gasteiger partial charge on any atom is -0.486 e. The normalized spacial score (nSPS) is 18.3. The Hall–Kier alpha value is -2.53. The van der Waals surface area contributed by atoms with Gasteiger partial charge in [-0.2, -0.15) is 0 Å². The van der Waals surface area contributed by atoms with Crippen molar-refractivity contribution < 1.29 is 14.3 Å². The van der Waals surface area contributed by atoms with E-state index in [9.17, 15) is 4.79 Å². The van der Waals surface area contributed by atoms with Crippen LogP contribution in [0.15, 0.2) is 42.5 Å². The Bertz CT molecular complexity index is 842. The van der Waals surface area contributed by atoms with Crippen molar-refractivity contribution in [2.45, 2.75) is 39.3 Å². The lowest BCUT2D eigenvalue weighted by molar-refractivity contribution is 0.0939. The molecule has 5 heteroatoms. The maximum atomic E-state index is 12.7. The monoisotopic (exact) mass is 394 g/mol. The maximum absolute atomic E-state index is 12.7. The van der Waals surface area contributed by atoms with Crippen LogP contribution in [0.5, 0.6) is 11.5 Å². The Morgan fingerprint density at radius 3 is 2.48 bits per heavy atom. The van der Waals surface area contributed by atoms with Crippen molar-refractivity contribution >= 4 is 5.91 Å². The minimum absolute atomic E-state index is 0.0641. The van der Waals surface area contributed by atoms with E-state index in [1.807, 2.05) is 37.3 Å². The van der Waals surface area contributed by atoms with Crippen LogP contribution >= 0.6 is 0 Å². The summed E-state index contributed by atoms with van der Waals surface area (Å²) < 4.78 is 11.2. The number of carbonyl (C=O) groups excluding carboxylic acids is 1. The fourth-order valence-electron chi connectivity index (χ4n) is 3.93. The highest BCUT2D eigenvalue weighted by atomic mass is 16.6. The molecule has 5 nitrogen and oxygen atoms in total. The van der Waals surface area contributed by atoms with E-state index in [1.54, 1.807) is 0 Å². The number of hydrogen-bond donors (Lipinski definition) is 1. The fourth-order valence-corrected chi connectivity index (χ4v) is 3.93. The Morgan fingerprint density at radius 1 is 1.07 bits per heavy atom. The number of nitrogens with zero attached hydrogens (tertiary/aromatic N) is 1. The van der Waals surface area contributed by atoms with Crippen LogP contribution in [0.25, 0.3) is 0 Å². The summed E-state index contributed by atoms with van der Waals surface area (Å²) in [7, 11) is 0. The first-order chi connectivity index (χ1) is 14.1. The smallest absolute Gasteiger partial charge is 0.251 e. The third-order valence-corrected chi connectivity index (χ3v) is 5.91. The first-order valence-corrected chi connectivity index (χ1v) is 10.6. The van der Waals surface area contributed by atoms with Gasteiger partial charge in [0.25, 0.3) is 5.91 Å². The number of amides is 1. The van der Waals surface area contributed by atoms with Crippen LogP contribution in [0.2, 0.25) is 0 Å². The molecule has 0 bridgehead atoms. The number of likely N-dealkylation sites (tertiary alicyclic amines) is 1. The molecule has 0 aliphatic carbocycles. The number of fused-ring (bicyclic) bond motifs is 1. The second-order valence-corrected chi connectivity index (χ2v) is 8.25. The van der Waals surface area contributed by atoms with Crippen LogP contribution in [0, 0.1) is 5.92 Å². The average molecular weight is 395 g/mol. The van der Waals surface area contributed by atoms with Gasteiger partial charge in [0.05, 0.1) is 6.04 Å². The molecule has 2 aromatic rings. The number of carbonyl (C=O) groups is 1. The number of rotatable bonds is 5. The lowest BCUT2D eigenvalue weighted by Gasteiger charge is -2.30. The zero-order chi connectivity index (χ0) is 20.2. The molecule has 0 unspecified atom stereocenters. The van der Waals surface area contributed by atoms with Gasteiger partial charge < -0.3 is 14.8 Å². The van der Waals surface area contributed by atoms with E-state index in [2.05, 4.69) is 29.3 Å². The van der Waals surface area contributed by atoms with E-state index in [0.29, 0.717) is 18.8 Å². The van der Waals surface area contributed by atoms with Crippen molar-refractivity contribution in [2.75, 3.05) is 26.3 Å². The highest BCUT2D eigenvalue weighted by Gasteiger charge is 2.18. The van der Waals surface area contributed by atoms with Crippen LogP contribution in [0.1, 0.15) is 54.2 Å². The van der Waals surface area contributed by atoms with Gasteiger partial charge in [0.1, 0.15) is 13.2 Å². The van der Waals surface area contributed by atoms with Gasteiger partial charge >= 0.3 is 0 Å². The molecular formula is C24H30N2O3. The number of piperidine rings is 1. The van der Waals surface area contributed by atoms with Crippen LogP contribution in [-0.4, -0.2) is 37.1 Å². The van der Waals surface area contributed by atoms with E-state index in [4.69, 9.17) is 9.47 Å². The highest BCUT2D eigenvalue weighted by Crippen LogP contribution is 2.32. The van der Waals surface area contributed by atoms with E-state index < -0.39 is 0 Å². The maximum Gasteiger partial charge on any atom is 0.251 e. The predicted molar refractivity (Wildman–Crippen MR) is 113 cm³/mol. The summed E-state index contributed by atoms with van der Waals surface area (Å²) in [6, 6.07) is 13.7. The fraction of sp³-hybridized carbons (Fsp3) is 0.458. The summed E-state index contributed by atoms with van der Waals surface area (Å²) >= 11 is 0. The lowest BCUT2D eigenvalue weighted by Crippen LogP contribution is -2.32. The molecule has 1 amide bonds. The minimum atomic E-state index is -0.117. The van der Waals surface area contributed by atoms with Crippen molar-refractivity contribution in [1.29, 1.82) is 0 Å². The quantitative estimate of drug-likeness (QED) is 0.827. The van der Waals surface area contributed by atoms with Crippen LogP contribution in [0.3, 0.4) is 0 Å². The van der Waals surface area contributed by atoms with Gasteiger partial charge in [0, 0.05) is 12.1 Å². The molecule has 0 radical (unpaired) electrons. The lowest BCUT2D eigenvalue weighted by atomic mass is 9.99. The molecule has 1 fully saturated rings. The Morgan fingerprint density at radius 2 is 1.76 bits per heavy atom. The summed E-state index contributed by atoms with van der Waals surface area (Å²) in [6.45, 7) is 8.73. The molecule has 1 N–H and O–H groups in total. The second kappa shape index (κ2) is 8.87. The van der Waals surface area contributed by atoms with Gasteiger partial charge in [-0.3, -0.25) is 9.69 Å². The first kappa shape index (κ1) is 19.8. The zero-order valence-electron chi connectivity index (χ0n) is 17.3. The molecule has 0 saturated carbocycles. The molecule has 1 saturated heterocycles. The summed E-state index contributed by atoms with van der Waals surface area (Å²) in [5, 5.41) is 3.08. The van der Waals surface area contributed by atoms with Gasteiger partial charge in [0.15, 0.2) is 11.5 Å². The molecule has 154 valence electrons. The van der Waals surface area contributed by atoms with Crippen molar-refractivity contribution in [3.8, 4) is 11.5 Å². The summed E-state index contributed by atoms with van der Waals surface area (Å²) in [6.07, 6.45) is 2.55. The van der Waals surface area contributed by atoms with Gasteiger partial charge in [-0.15, -0.1) is 0 Å². The summed E-state index contributed by atoms with van der Waals surface area (Å²) in [5.41, 5.74) is 2.94. The van der Waals surface area contributed by atoms with Gasteiger partial charge in [0.2, 0.25) is 0 Å². The molecule has 2 aliphatic heterocycles. The highest BCUT2D eigenvalue weighted by molar-refractivity contribution is 5.94. The molecule has 0 spiro atoms. The molecule has 0 aromatic heterocycles. The summed E-state index contributed by atoms with van der Waals surface area (Å²) in [5.74, 6) is 2.28. The zero-order valence-corrected chi connectivity index (χ0v) is 17.3. The Balaban J connectivity index is 1.34. The number of nitrogens with one attached hydrogen (secondary N) is 1. The Labute approximate surface area is 173 Å². The number of benzene rings is 2. The van der Waals surface area contributed by atoms with Gasteiger partial charge in [-0.05, 0) is 74.2 Å². The van der Waals surface area contributed by atoms with Crippen LogP contribution < -0.4 is 14.8 Å². The number of ether oxygens (including phenoxy) is 2. The molecular weight excluding hydrogens is 364 g/mol. The second-order valence-electron chi connectivity index (χ2n) is 8.25. The third-order valence-electron chi connectivity index (χ3n) is 5.91. The largest absolute Gasteiger partial charge is 0.486 e. The van der Waals surface area contributed by atoms with Crippen molar-refractivity contribution in [2.24, 2.45) is 5.92 Å². The Kier molecular flexibility index (Phi) is 6.05. The van der Waals surface area contributed by atoms with Gasteiger partial charge in [-0.25, -0.2) is 0 Å².